The molecule has 0 atom stereocenters. The fourth-order valence-corrected chi connectivity index (χ4v) is 0.583. The van der Waals surface area contributed by atoms with Crippen LogP contribution >= 0.6 is 0 Å². The van der Waals surface area contributed by atoms with Crippen LogP contribution in [0.25, 0.3) is 0 Å². The van der Waals surface area contributed by atoms with Crippen LogP contribution in [0.1, 0.15) is 41.5 Å². The van der Waals surface area contributed by atoms with Crippen LogP contribution in [0.5, 0.6) is 0 Å². The third kappa shape index (κ3) is 5.11. The Labute approximate surface area is 76.4 Å². The molecular formula is C11H21N. The van der Waals surface area contributed by atoms with Crippen molar-refractivity contribution in [3.05, 3.63) is 12.2 Å². The van der Waals surface area contributed by atoms with Crippen molar-refractivity contribution in [3.8, 4) is 0 Å². The van der Waals surface area contributed by atoms with Gasteiger partial charge in [-0.05, 0) is 11.5 Å². The van der Waals surface area contributed by atoms with Gasteiger partial charge in [0.15, 0.2) is 0 Å². The molecule has 0 fully saturated rings. The summed E-state index contributed by atoms with van der Waals surface area (Å²) in [7, 11) is 0. The SMILES string of the molecule is CC(C)(C)C=CC(=N)C(C)(C)C. The number of hydrogen-bond acceptors (Lipinski definition) is 1. The maximum Gasteiger partial charge on any atom is 0.0364 e. The van der Waals surface area contributed by atoms with Gasteiger partial charge < -0.3 is 5.41 Å². The molecule has 0 aromatic heterocycles. The molecule has 0 unspecified atom stereocenters. The second-order valence-corrected chi connectivity index (χ2v) is 5.36. The first-order valence-electron chi connectivity index (χ1n) is 4.41. The molecule has 0 amide bonds. The number of rotatable bonds is 1. The van der Waals surface area contributed by atoms with Crippen LogP contribution in [-0.2, 0) is 0 Å². The summed E-state index contributed by atoms with van der Waals surface area (Å²) in [6, 6.07) is 0. The average Bonchev–Trinajstić information content (AvgIpc) is 1.78. The molecule has 0 heterocycles. The fraction of sp³-hybridized carbons (Fsp3) is 0.727. The minimum atomic E-state index is -0.0260. The summed E-state index contributed by atoms with van der Waals surface area (Å²) in [6.07, 6.45) is 4.00. The Morgan fingerprint density at radius 2 is 1.42 bits per heavy atom. The van der Waals surface area contributed by atoms with E-state index in [4.69, 9.17) is 5.41 Å². The van der Waals surface area contributed by atoms with Crippen molar-refractivity contribution in [1.82, 2.24) is 0 Å². The number of allylic oxidation sites excluding steroid dienone is 2. The van der Waals surface area contributed by atoms with Gasteiger partial charge in [0.25, 0.3) is 0 Å². The summed E-state index contributed by atoms with van der Waals surface area (Å²) in [5.74, 6) is 0. The highest BCUT2D eigenvalue weighted by Crippen LogP contribution is 2.19. The third-order valence-electron chi connectivity index (χ3n) is 1.56. The van der Waals surface area contributed by atoms with E-state index in [2.05, 4.69) is 47.6 Å². The lowest BCUT2D eigenvalue weighted by Gasteiger charge is -2.18. The Kier molecular flexibility index (Phi) is 3.25. The first-order valence-corrected chi connectivity index (χ1v) is 4.41. The lowest BCUT2D eigenvalue weighted by atomic mass is 9.87. The molecule has 1 heteroatoms. The normalized spacial score (nSPS) is 13.8. The summed E-state index contributed by atoms with van der Waals surface area (Å²) >= 11 is 0. The molecule has 0 aromatic rings. The smallest absolute Gasteiger partial charge is 0.0364 e. The second-order valence-electron chi connectivity index (χ2n) is 5.36. The molecule has 0 rings (SSSR count). The van der Waals surface area contributed by atoms with Crippen molar-refractivity contribution in [3.63, 3.8) is 0 Å². The molecule has 0 aliphatic rings. The predicted molar refractivity (Wildman–Crippen MR) is 55.8 cm³/mol. The molecule has 0 radical (unpaired) electrons. The molecule has 0 spiro atoms. The van der Waals surface area contributed by atoms with Gasteiger partial charge in [-0.1, -0.05) is 47.6 Å². The van der Waals surface area contributed by atoms with E-state index in [1.54, 1.807) is 0 Å². The summed E-state index contributed by atoms with van der Waals surface area (Å²) in [4.78, 5) is 0. The zero-order valence-electron chi connectivity index (χ0n) is 9.15. The molecule has 1 nitrogen and oxygen atoms in total. The summed E-state index contributed by atoms with van der Waals surface area (Å²) in [5, 5.41) is 7.73. The van der Waals surface area contributed by atoms with Crippen molar-refractivity contribution in [2.45, 2.75) is 41.5 Å². The number of hydrogen-bond donors (Lipinski definition) is 1. The molecule has 70 valence electrons. The maximum absolute atomic E-state index is 7.73. The van der Waals surface area contributed by atoms with Gasteiger partial charge in [-0.3, -0.25) is 0 Å². The minimum Gasteiger partial charge on any atom is -0.305 e. The van der Waals surface area contributed by atoms with E-state index in [9.17, 15) is 0 Å². The van der Waals surface area contributed by atoms with Gasteiger partial charge in [0.05, 0.1) is 0 Å². The van der Waals surface area contributed by atoms with E-state index in [0.717, 1.165) is 0 Å². The van der Waals surface area contributed by atoms with Crippen LogP contribution in [0.15, 0.2) is 12.2 Å². The van der Waals surface area contributed by atoms with E-state index in [1.807, 2.05) is 6.08 Å². The van der Waals surface area contributed by atoms with Crippen molar-refractivity contribution in [2.24, 2.45) is 10.8 Å². The van der Waals surface area contributed by atoms with E-state index < -0.39 is 0 Å². The van der Waals surface area contributed by atoms with E-state index in [1.165, 1.54) is 0 Å². The molecule has 0 saturated heterocycles. The molecule has 0 bridgehead atoms. The third-order valence-corrected chi connectivity index (χ3v) is 1.56. The van der Waals surface area contributed by atoms with E-state index in [0.29, 0.717) is 5.71 Å². The number of nitrogens with one attached hydrogen (secondary N) is 1. The molecule has 0 aliphatic carbocycles. The van der Waals surface area contributed by atoms with E-state index in [-0.39, 0.29) is 10.8 Å². The first-order chi connectivity index (χ1) is 5.13. The molecule has 0 aliphatic heterocycles. The van der Waals surface area contributed by atoms with Crippen molar-refractivity contribution in [1.29, 1.82) is 5.41 Å². The minimum absolute atomic E-state index is 0.0260. The zero-order chi connectivity index (χ0) is 9.99. The van der Waals surface area contributed by atoms with Crippen molar-refractivity contribution < 1.29 is 0 Å². The van der Waals surface area contributed by atoms with Crippen LogP contribution in [0.3, 0.4) is 0 Å². The molecule has 0 saturated carbocycles. The van der Waals surface area contributed by atoms with Crippen LogP contribution in [0, 0.1) is 16.2 Å². The Hall–Kier alpha value is -0.590. The van der Waals surface area contributed by atoms with Gasteiger partial charge in [-0.15, -0.1) is 0 Å². The first kappa shape index (κ1) is 11.4. The Bertz CT molecular complexity index is 186. The highest BCUT2D eigenvalue weighted by molar-refractivity contribution is 5.96. The standard InChI is InChI=1S/C11H21N/c1-10(2,3)8-7-9(12)11(4,5)6/h7-8,12H,1-6H3. The fourth-order valence-electron chi connectivity index (χ4n) is 0.583. The quantitative estimate of drug-likeness (QED) is 0.576. The predicted octanol–water partition coefficient (Wildman–Crippen LogP) is 3.65. The maximum atomic E-state index is 7.73. The van der Waals surface area contributed by atoms with Crippen LogP contribution < -0.4 is 0 Å². The lowest BCUT2D eigenvalue weighted by molar-refractivity contribution is 0.542. The molecule has 1 N–H and O–H groups in total. The Morgan fingerprint density at radius 1 is 1.00 bits per heavy atom. The van der Waals surface area contributed by atoms with Crippen LogP contribution in [0.2, 0.25) is 0 Å². The molecule has 12 heavy (non-hydrogen) atoms. The van der Waals surface area contributed by atoms with Crippen molar-refractivity contribution in [2.75, 3.05) is 0 Å². The summed E-state index contributed by atoms with van der Waals surface area (Å²) in [6.45, 7) is 12.6. The van der Waals surface area contributed by atoms with E-state index >= 15 is 0 Å². The topological polar surface area (TPSA) is 23.9 Å². The van der Waals surface area contributed by atoms with Crippen molar-refractivity contribution >= 4 is 5.71 Å². The van der Waals surface area contributed by atoms with Gasteiger partial charge in [-0.2, -0.15) is 0 Å². The lowest BCUT2D eigenvalue weighted by Crippen LogP contribution is -2.17. The van der Waals surface area contributed by atoms with Gasteiger partial charge in [0, 0.05) is 11.1 Å². The van der Waals surface area contributed by atoms with Gasteiger partial charge in [0.2, 0.25) is 0 Å². The summed E-state index contributed by atoms with van der Waals surface area (Å²) in [5.41, 5.74) is 0.844. The highest BCUT2D eigenvalue weighted by atomic mass is 14.5. The largest absolute Gasteiger partial charge is 0.305 e. The van der Waals surface area contributed by atoms with Gasteiger partial charge >= 0.3 is 0 Å². The molecular weight excluding hydrogens is 146 g/mol. The van der Waals surface area contributed by atoms with Gasteiger partial charge in [-0.25, -0.2) is 0 Å². The Morgan fingerprint density at radius 3 is 1.67 bits per heavy atom. The monoisotopic (exact) mass is 167 g/mol. The van der Waals surface area contributed by atoms with Crippen LogP contribution in [0.4, 0.5) is 0 Å². The second kappa shape index (κ2) is 3.42. The van der Waals surface area contributed by atoms with Crippen LogP contribution in [-0.4, -0.2) is 5.71 Å². The average molecular weight is 167 g/mol. The summed E-state index contributed by atoms with van der Waals surface area (Å²) < 4.78 is 0. The van der Waals surface area contributed by atoms with Gasteiger partial charge in [0.1, 0.15) is 0 Å². The zero-order valence-corrected chi connectivity index (χ0v) is 9.15. The Balaban J connectivity index is 4.30. The highest BCUT2D eigenvalue weighted by Gasteiger charge is 2.15. The molecule has 0 aromatic carbocycles.